The maximum Gasteiger partial charge on any atom is 0.191 e. The molecule has 5 heteroatoms. The predicted octanol–water partition coefficient (Wildman–Crippen LogP) is 2.43. The van der Waals surface area contributed by atoms with E-state index in [1.807, 2.05) is 11.8 Å². The standard InChI is InChI=1S/C16H25N3OS/c1-13-5-7-15(8-6-13)21-11-9-18-16(17-2)19-12-14-4-3-10-20-14/h5-8,14H,3-4,9-12H2,1-2H3,(H2,17,18,19). The summed E-state index contributed by atoms with van der Waals surface area (Å²) >= 11 is 1.86. The zero-order chi connectivity index (χ0) is 14.9. The van der Waals surface area contributed by atoms with Crippen LogP contribution in [0.3, 0.4) is 0 Å². The van der Waals surface area contributed by atoms with Crippen molar-refractivity contribution < 1.29 is 4.74 Å². The first-order valence-corrected chi connectivity index (χ1v) is 8.52. The van der Waals surface area contributed by atoms with Crippen LogP contribution in [0, 0.1) is 6.92 Å². The van der Waals surface area contributed by atoms with Gasteiger partial charge in [0.15, 0.2) is 5.96 Å². The second-order valence-corrected chi connectivity index (χ2v) is 6.34. The number of nitrogens with one attached hydrogen (secondary N) is 2. The number of nitrogens with zero attached hydrogens (tertiary/aromatic N) is 1. The van der Waals surface area contributed by atoms with E-state index in [0.717, 1.165) is 37.8 Å². The zero-order valence-electron chi connectivity index (χ0n) is 12.9. The van der Waals surface area contributed by atoms with Crippen molar-refractivity contribution in [1.82, 2.24) is 10.6 Å². The summed E-state index contributed by atoms with van der Waals surface area (Å²) < 4.78 is 5.59. The molecule has 0 radical (unpaired) electrons. The highest BCUT2D eigenvalue weighted by molar-refractivity contribution is 7.99. The molecule has 2 rings (SSSR count). The molecule has 1 aromatic carbocycles. The van der Waals surface area contributed by atoms with Gasteiger partial charge in [-0.05, 0) is 31.9 Å². The van der Waals surface area contributed by atoms with E-state index in [1.54, 1.807) is 7.05 Å². The normalized spacial score (nSPS) is 18.8. The lowest BCUT2D eigenvalue weighted by atomic mass is 10.2. The zero-order valence-corrected chi connectivity index (χ0v) is 13.7. The molecule has 1 aliphatic heterocycles. The Morgan fingerprint density at radius 1 is 1.33 bits per heavy atom. The Kier molecular flexibility index (Phi) is 6.89. The third-order valence-electron chi connectivity index (χ3n) is 3.43. The largest absolute Gasteiger partial charge is 0.376 e. The van der Waals surface area contributed by atoms with E-state index in [1.165, 1.54) is 16.9 Å². The van der Waals surface area contributed by atoms with Crippen molar-refractivity contribution >= 4 is 17.7 Å². The van der Waals surface area contributed by atoms with Crippen LogP contribution in [0.2, 0.25) is 0 Å². The van der Waals surface area contributed by atoms with Crippen LogP contribution in [0.4, 0.5) is 0 Å². The number of rotatable bonds is 6. The third-order valence-corrected chi connectivity index (χ3v) is 4.44. The molecule has 0 aliphatic carbocycles. The lowest BCUT2D eigenvalue weighted by molar-refractivity contribution is 0.114. The van der Waals surface area contributed by atoms with Crippen LogP contribution >= 0.6 is 11.8 Å². The molecule has 0 aromatic heterocycles. The molecule has 0 bridgehead atoms. The summed E-state index contributed by atoms with van der Waals surface area (Å²) in [5.41, 5.74) is 1.30. The number of thioether (sulfide) groups is 1. The van der Waals surface area contributed by atoms with Gasteiger partial charge in [0, 0.05) is 37.4 Å². The van der Waals surface area contributed by atoms with Crippen molar-refractivity contribution in [3.05, 3.63) is 29.8 Å². The van der Waals surface area contributed by atoms with Crippen molar-refractivity contribution in [2.75, 3.05) is 32.5 Å². The predicted molar refractivity (Wildman–Crippen MR) is 90.2 cm³/mol. The van der Waals surface area contributed by atoms with Crippen LogP contribution in [0.5, 0.6) is 0 Å². The van der Waals surface area contributed by atoms with Gasteiger partial charge < -0.3 is 15.4 Å². The fourth-order valence-electron chi connectivity index (χ4n) is 2.21. The Morgan fingerprint density at radius 2 is 2.14 bits per heavy atom. The first-order chi connectivity index (χ1) is 10.3. The van der Waals surface area contributed by atoms with Crippen LogP contribution in [-0.2, 0) is 4.74 Å². The summed E-state index contributed by atoms with van der Waals surface area (Å²) in [6.45, 7) is 4.74. The number of aliphatic imine (C=N–C) groups is 1. The molecule has 0 amide bonds. The van der Waals surface area contributed by atoms with E-state index in [-0.39, 0.29) is 0 Å². The Morgan fingerprint density at radius 3 is 2.81 bits per heavy atom. The smallest absolute Gasteiger partial charge is 0.191 e. The maximum absolute atomic E-state index is 5.59. The van der Waals surface area contributed by atoms with Gasteiger partial charge in [-0.15, -0.1) is 11.8 Å². The highest BCUT2D eigenvalue weighted by Crippen LogP contribution is 2.17. The molecule has 0 spiro atoms. The highest BCUT2D eigenvalue weighted by atomic mass is 32.2. The Hall–Kier alpha value is -1.20. The van der Waals surface area contributed by atoms with Gasteiger partial charge in [0.25, 0.3) is 0 Å². The van der Waals surface area contributed by atoms with Gasteiger partial charge >= 0.3 is 0 Å². The first kappa shape index (κ1) is 16.2. The lowest BCUT2D eigenvalue weighted by Gasteiger charge is -2.14. The van der Waals surface area contributed by atoms with Crippen LogP contribution in [0.15, 0.2) is 34.2 Å². The minimum Gasteiger partial charge on any atom is -0.376 e. The number of hydrogen-bond donors (Lipinski definition) is 2. The Bertz CT molecular complexity index is 441. The molecular weight excluding hydrogens is 282 g/mol. The molecule has 1 atom stereocenters. The maximum atomic E-state index is 5.59. The monoisotopic (exact) mass is 307 g/mol. The van der Waals surface area contributed by atoms with E-state index < -0.39 is 0 Å². The molecule has 116 valence electrons. The summed E-state index contributed by atoms with van der Waals surface area (Å²) in [7, 11) is 1.80. The summed E-state index contributed by atoms with van der Waals surface area (Å²) in [5.74, 6) is 1.87. The van der Waals surface area contributed by atoms with E-state index in [9.17, 15) is 0 Å². The fourth-order valence-corrected chi connectivity index (χ4v) is 2.98. The number of guanidine groups is 1. The second-order valence-electron chi connectivity index (χ2n) is 5.18. The van der Waals surface area contributed by atoms with E-state index in [2.05, 4.69) is 46.8 Å². The molecule has 21 heavy (non-hydrogen) atoms. The highest BCUT2D eigenvalue weighted by Gasteiger charge is 2.15. The SMILES string of the molecule is CN=C(NCCSc1ccc(C)cc1)NCC1CCCO1. The molecule has 0 saturated carbocycles. The van der Waals surface area contributed by atoms with Crippen molar-refractivity contribution in [3.63, 3.8) is 0 Å². The molecule has 1 aromatic rings. The Balaban J connectivity index is 1.60. The molecule has 2 N–H and O–H groups in total. The van der Waals surface area contributed by atoms with Crippen molar-refractivity contribution in [2.45, 2.75) is 30.8 Å². The minimum absolute atomic E-state index is 0.338. The van der Waals surface area contributed by atoms with Gasteiger partial charge in [0.05, 0.1) is 6.10 Å². The second kappa shape index (κ2) is 8.95. The summed E-state index contributed by atoms with van der Waals surface area (Å²) in [4.78, 5) is 5.54. The molecule has 1 heterocycles. The quantitative estimate of drug-likeness (QED) is 0.367. The third kappa shape index (κ3) is 5.98. The lowest BCUT2D eigenvalue weighted by Crippen LogP contribution is -2.41. The molecule has 1 fully saturated rings. The number of benzene rings is 1. The van der Waals surface area contributed by atoms with Gasteiger partial charge in [-0.2, -0.15) is 0 Å². The summed E-state index contributed by atoms with van der Waals surface area (Å²) in [6.07, 6.45) is 2.66. The van der Waals surface area contributed by atoms with Crippen LogP contribution in [-0.4, -0.2) is 44.6 Å². The average molecular weight is 307 g/mol. The minimum atomic E-state index is 0.338. The van der Waals surface area contributed by atoms with E-state index in [4.69, 9.17) is 4.74 Å². The summed E-state index contributed by atoms with van der Waals surface area (Å²) in [6, 6.07) is 8.64. The number of hydrogen-bond acceptors (Lipinski definition) is 3. The van der Waals surface area contributed by atoms with Crippen molar-refractivity contribution in [2.24, 2.45) is 4.99 Å². The van der Waals surface area contributed by atoms with Crippen molar-refractivity contribution in [3.8, 4) is 0 Å². The van der Waals surface area contributed by atoms with E-state index >= 15 is 0 Å². The van der Waals surface area contributed by atoms with Gasteiger partial charge in [-0.1, -0.05) is 17.7 Å². The van der Waals surface area contributed by atoms with Crippen LogP contribution < -0.4 is 10.6 Å². The number of aryl methyl sites for hydroxylation is 1. The van der Waals surface area contributed by atoms with Crippen LogP contribution in [0.25, 0.3) is 0 Å². The molecule has 1 saturated heterocycles. The van der Waals surface area contributed by atoms with Crippen LogP contribution in [0.1, 0.15) is 18.4 Å². The van der Waals surface area contributed by atoms with Gasteiger partial charge in [0.1, 0.15) is 0 Å². The topological polar surface area (TPSA) is 45.7 Å². The number of ether oxygens (including phenoxy) is 1. The van der Waals surface area contributed by atoms with Gasteiger partial charge in [0.2, 0.25) is 0 Å². The van der Waals surface area contributed by atoms with Crippen molar-refractivity contribution in [1.29, 1.82) is 0 Å². The average Bonchev–Trinajstić information content (AvgIpc) is 3.02. The Labute approximate surface area is 131 Å². The summed E-state index contributed by atoms with van der Waals surface area (Å²) in [5, 5.41) is 6.66. The van der Waals surface area contributed by atoms with E-state index in [0.29, 0.717) is 6.10 Å². The van der Waals surface area contributed by atoms with Gasteiger partial charge in [-0.25, -0.2) is 0 Å². The first-order valence-electron chi connectivity index (χ1n) is 7.53. The molecule has 4 nitrogen and oxygen atoms in total. The molecule has 1 aliphatic rings. The van der Waals surface area contributed by atoms with Gasteiger partial charge in [-0.3, -0.25) is 4.99 Å². The molecule has 1 unspecified atom stereocenters. The molecular formula is C16H25N3OS. The fraction of sp³-hybridized carbons (Fsp3) is 0.562.